The molecule has 0 radical (unpaired) electrons. The van der Waals surface area contributed by atoms with Crippen molar-refractivity contribution in [3.8, 4) is 22.3 Å². The monoisotopic (exact) mass is 598 g/mol. The molecule has 10 rings (SSSR count). The molecule has 0 amide bonds. The van der Waals surface area contributed by atoms with E-state index in [1.165, 1.54) is 70.6 Å². The first-order chi connectivity index (χ1) is 23.3. The molecule has 1 aliphatic rings. The summed E-state index contributed by atoms with van der Waals surface area (Å²) >= 11 is 0. The maximum Gasteiger partial charge on any atom is 0.137 e. The lowest BCUT2D eigenvalue weighted by atomic mass is 9.89. The zero-order chi connectivity index (χ0) is 30.9. The number of benzene rings is 7. The Kier molecular flexibility index (Phi) is 5.73. The molecular weight excluding hydrogens is 569 g/mol. The van der Waals surface area contributed by atoms with Crippen molar-refractivity contribution >= 4 is 61.1 Å². The normalized spacial score (nSPS) is 14.4. The Hall–Kier alpha value is -5.99. The summed E-state index contributed by atoms with van der Waals surface area (Å²) in [4.78, 5) is 5.44. The first kappa shape index (κ1) is 26.2. The van der Waals surface area contributed by atoms with E-state index in [0.29, 0.717) is 5.92 Å². The van der Waals surface area contributed by atoms with E-state index in [2.05, 4.69) is 168 Å². The smallest absolute Gasteiger partial charge is 0.137 e. The molecule has 0 spiro atoms. The fourth-order valence-corrected chi connectivity index (χ4v) is 7.76. The summed E-state index contributed by atoms with van der Waals surface area (Å²) in [6.45, 7) is 0. The highest BCUT2D eigenvalue weighted by Gasteiger charge is 2.22. The third kappa shape index (κ3) is 4.15. The zero-order valence-electron chi connectivity index (χ0n) is 25.8. The molecule has 1 unspecified atom stereocenters. The number of aromatic nitrogens is 2. The number of hydrogen-bond acceptors (Lipinski definition) is 1. The summed E-state index contributed by atoms with van der Waals surface area (Å²) in [7, 11) is 0. The highest BCUT2D eigenvalue weighted by Crippen LogP contribution is 2.45. The molecule has 0 aliphatic heterocycles. The van der Waals surface area contributed by atoms with E-state index in [1.807, 2.05) is 0 Å². The van der Waals surface area contributed by atoms with Gasteiger partial charge < -0.3 is 0 Å². The third-order valence-electron chi connectivity index (χ3n) is 10.1. The van der Waals surface area contributed by atoms with E-state index < -0.39 is 0 Å². The van der Waals surface area contributed by atoms with E-state index in [4.69, 9.17) is 4.98 Å². The molecule has 0 saturated heterocycles. The van der Waals surface area contributed by atoms with Crippen LogP contribution < -0.4 is 10.4 Å². The van der Waals surface area contributed by atoms with Crippen LogP contribution in [0.5, 0.6) is 0 Å². The molecule has 7 aromatic carbocycles. The van der Waals surface area contributed by atoms with Crippen molar-refractivity contribution in [2.45, 2.75) is 12.3 Å². The van der Waals surface area contributed by atoms with Gasteiger partial charge in [0.15, 0.2) is 0 Å². The molecule has 1 atom stereocenters. The van der Waals surface area contributed by atoms with Crippen molar-refractivity contribution in [2.75, 3.05) is 0 Å². The minimum Gasteiger partial charge on any atom is -0.299 e. The van der Waals surface area contributed by atoms with Crippen LogP contribution in [0, 0.1) is 0 Å². The summed E-state index contributed by atoms with van der Waals surface area (Å²) in [6, 6.07) is 53.0. The van der Waals surface area contributed by atoms with Gasteiger partial charge in [0, 0.05) is 23.2 Å². The highest BCUT2D eigenvalue weighted by molar-refractivity contribution is 6.21. The minimum absolute atomic E-state index is 0.302. The molecule has 2 nitrogen and oxygen atoms in total. The van der Waals surface area contributed by atoms with Gasteiger partial charge in [0.2, 0.25) is 0 Å². The number of hydrogen-bond donors (Lipinski definition) is 0. The van der Waals surface area contributed by atoms with Gasteiger partial charge in [0.1, 0.15) is 5.65 Å². The van der Waals surface area contributed by atoms with E-state index in [-0.39, 0.29) is 0 Å². The number of pyridine rings is 1. The highest BCUT2D eigenvalue weighted by atomic mass is 15.0. The molecule has 2 heteroatoms. The molecule has 47 heavy (non-hydrogen) atoms. The van der Waals surface area contributed by atoms with Crippen LogP contribution in [0.3, 0.4) is 0 Å². The van der Waals surface area contributed by atoms with Gasteiger partial charge in [-0.2, -0.15) is 0 Å². The van der Waals surface area contributed by atoms with Crippen molar-refractivity contribution in [1.29, 1.82) is 0 Å². The molecule has 0 bridgehead atoms. The lowest BCUT2D eigenvalue weighted by Crippen LogP contribution is -2.27. The van der Waals surface area contributed by atoms with E-state index in [0.717, 1.165) is 23.1 Å². The van der Waals surface area contributed by atoms with Crippen molar-refractivity contribution in [1.82, 2.24) is 9.38 Å². The fourth-order valence-electron chi connectivity index (χ4n) is 7.76. The van der Waals surface area contributed by atoms with E-state index in [9.17, 15) is 0 Å². The van der Waals surface area contributed by atoms with Crippen molar-refractivity contribution < 1.29 is 0 Å². The predicted molar refractivity (Wildman–Crippen MR) is 198 cm³/mol. The molecule has 9 aromatic rings. The second-order valence-electron chi connectivity index (χ2n) is 12.8. The van der Waals surface area contributed by atoms with Crippen LogP contribution >= 0.6 is 0 Å². The minimum atomic E-state index is 0.302. The van der Waals surface area contributed by atoms with Gasteiger partial charge in [-0.15, -0.1) is 0 Å². The van der Waals surface area contributed by atoms with Gasteiger partial charge in [0.05, 0.1) is 11.0 Å². The number of nitrogens with zero attached hydrogens (tertiary/aromatic N) is 2. The lowest BCUT2D eigenvalue weighted by molar-refractivity contribution is 0.907. The molecule has 2 aromatic heterocycles. The topological polar surface area (TPSA) is 17.3 Å². The Balaban J connectivity index is 1.32. The van der Waals surface area contributed by atoms with Crippen LogP contribution in [0.4, 0.5) is 0 Å². The standard InChI is InChI=1S/C45H30N2/c1-4-12-32-25-35(20-17-29(32)9-1)38-23-24-41-46-44-42(36-21-18-30-10-2-5-13-33(30)26-36)39-15-7-8-16-40(39)43(45(44)47(41)28-38)37-22-19-31-11-3-6-14-34(31)27-37/h1-19,21-28,35H,20H2. The summed E-state index contributed by atoms with van der Waals surface area (Å²) < 4.78 is 2.36. The van der Waals surface area contributed by atoms with Gasteiger partial charge in [-0.05, 0) is 84.1 Å². The SMILES string of the molecule is C1=c2ccccc2=CC(c2ccc3nc4c(-c5ccc6ccccc6c5)c5ccccc5c(-c5ccc6ccccc6c5)c4n3c2)C1. The Morgan fingerprint density at radius 3 is 1.85 bits per heavy atom. The third-order valence-corrected chi connectivity index (χ3v) is 10.1. The lowest BCUT2D eigenvalue weighted by Gasteiger charge is -2.17. The predicted octanol–water partition coefficient (Wildman–Crippen LogP) is 10.0. The first-order valence-corrected chi connectivity index (χ1v) is 16.4. The van der Waals surface area contributed by atoms with Crippen LogP contribution in [0.25, 0.3) is 83.4 Å². The first-order valence-electron chi connectivity index (χ1n) is 16.4. The van der Waals surface area contributed by atoms with Crippen molar-refractivity contribution in [3.63, 3.8) is 0 Å². The molecule has 0 fully saturated rings. The van der Waals surface area contributed by atoms with E-state index in [1.54, 1.807) is 0 Å². The molecule has 1 aliphatic carbocycles. The number of imidazole rings is 1. The molecule has 220 valence electrons. The van der Waals surface area contributed by atoms with Gasteiger partial charge in [-0.25, -0.2) is 4.98 Å². The number of rotatable bonds is 3. The summed E-state index contributed by atoms with van der Waals surface area (Å²) in [5.74, 6) is 0.302. The Morgan fingerprint density at radius 2 is 1.13 bits per heavy atom. The van der Waals surface area contributed by atoms with Gasteiger partial charge in [-0.3, -0.25) is 4.40 Å². The average Bonchev–Trinajstić information content (AvgIpc) is 3.51. The molecule has 2 heterocycles. The largest absolute Gasteiger partial charge is 0.299 e. The van der Waals surface area contributed by atoms with Crippen LogP contribution in [0.1, 0.15) is 17.9 Å². The van der Waals surface area contributed by atoms with Crippen molar-refractivity contribution in [3.05, 3.63) is 168 Å². The Bertz CT molecular complexity index is 2840. The van der Waals surface area contributed by atoms with Gasteiger partial charge in [-0.1, -0.05) is 140 Å². The van der Waals surface area contributed by atoms with Crippen LogP contribution in [0.15, 0.2) is 152 Å². The zero-order valence-corrected chi connectivity index (χ0v) is 25.8. The summed E-state index contributed by atoms with van der Waals surface area (Å²) in [5, 5.41) is 10.0. The number of fused-ring (bicyclic) bond motifs is 7. The Morgan fingerprint density at radius 1 is 0.532 bits per heavy atom. The molecule has 0 saturated carbocycles. The molecule has 0 N–H and O–H groups in total. The van der Waals surface area contributed by atoms with Crippen LogP contribution in [0.2, 0.25) is 0 Å². The van der Waals surface area contributed by atoms with Crippen LogP contribution in [-0.2, 0) is 0 Å². The maximum atomic E-state index is 5.44. The maximum absolute atomic E-state index is 5.44. The van der Waals surface area contributed by atoms with E-state index >= 15 is 0 Å². The quantitative estimate of drug-likeness (QED) is 0.198. The van der Waals surface area contributed by atoms with Gasteiger partial charge >= 0.3 is 0 Å². The second-order valence-corrected chi connectivity index (χ2v) is 12.8. The van der Waals surface area contributed by atoms with Crippen LogP contribution in [-0.4, -0.2) is 9.38 Å². The van der Waals surface area contributed by atoms with Gasteiger partial charge in [0.25, 0.3) is 0 Å². The van der Waals surface area contributed by atoms with Crippen molar-refractivity contribution in [2.24, 2.45) is 0 Å². The average molecular weight is 599 g/mol. The molecular formula is C45H30N2. The summed E-state index contributed by atoms with van der Waals surface area (Å²) in [6.07, 6.45) is 8.13. The second kappa shape index (κ2) is 10.3. The summed E-state index contributed by atoms with van der Waals surface area (Å²) in [5.41, 5.74) is 9.24. The fraction of sp³-hybridized carbons (Fsp3) is 0.0444. The Labute approximate surface area is 272 Å².